The molecule has 0 aliphatic carbocycles. The maximum Gasteiger partial charge on any atom is 0.469 e. The first-order chi connectivity index (χ1) is 19.6. The molecule has 0 aromatic carbocycles. The highest BCUT2D eigenvalue weighted by atomic mass is 32.2. The van der Waals surface area contributed by atoms with Crippen molar-refractivity contribution in [3.05, 3.63) is 0 Å². The lowest BCUT2D eigenvalue weighted by Gasteiger charge is -2.18. The van der Waals surface area contributed by atoms with E-state index in [1.165, 1.54) is 69.5 Å². The number of unbranched alkanes of at least 4 members (excludes halogenated alkanes) is 17. The molecule has 2 N–H and O–H groups in total. The lowest BCUT2D eigenvalue weighted by Crippen LogP contribution is -2.29. The van der Waals surface area contributed by atoms with Gasteiger partial charge in [0.15, 0.2) is 11.2 Å². The second-order valence-corrected chi connectivity index (χ2v) is 13.3. The van der Waals surface area contributed by atoms with E-state index in [9.17, 15) is 18.9 Å². The third kappa shape index (κ3) is 31.8. The molecule has 11 heteroatoms. The van der Waals surface area contributed by atoms with Gasteiger partial charge >= 0.3 is 19.8 Å². The van der Waals surface area contributed by atoms with Crippen molar-refractivity contribution in [2.45, 2.75) is 155 Å². The zero-order chi connectivity index (χ0) is 30.6. The first-order valence-corrected chi connectivity index (χ1v) is 18.3. The Balaban J connectivity index is 4.00. The average molecular weight is 625 g/mol. The van der Waals surface area contributed by atoms with E-state index in [0.29, 0.717) is 12.8 Å². The first kappa shape index (κ1) is 40.1. The van der Waals surface area contributed by atoms with Gasteiger partial charge in [-0.15, -0.1) is 0 Å². The predicted octanol–water partition coefficient (Wildman–Crippen LogP) is 8.04. The van der Waals surface area contributed by atoms with E-state index in [-0.39, 0.29) is 24.6 Å². The van der Waals surface area contributed by atoms with Gasteiger partial charge in [-0.05, 0) is 19.3 Å². The van der Waals surface area contributed by atoms with Crippen LogP contribution in [0.4, 0.5) is 0 Å². The molecule has 0 rings (SSSR count). The highest BCUT2D eigenvalue weighted by Gasteiger charge is 2.22. The maximum atomic E-state index is 12.3. The summed E-state index contributed by atoms with van der Waals surface area (Å²) in [6.45, 7) is 2.95. The Labute approximate surface area is 252 Å². The number of phosphoric acid groups is 1. The lowest BCUT2D eigenvalue weighted by molar-refractivity contribution is -0.161. The Morgan fingerprint density at radius 1 is 0.659 bits per heavy atom. The van der Waals surface area contributed by atoms with E-state index in [0.717, 1.165) is 57.1 Å². The molecule has 242 valence electrons. The second-order valence-electron chi connectivity index (χ2n) is 10.8. The van der Waals surface area contributed by atoms with E-state index < -0.39 is 32.5 Å². The van der Waals surface area contributed by atoms with Crippen molar-refractivity contribution in [1.29, 1.82) is 0 Å². The van der Waals surface area contributed by atoms with Crippen molar-refractivity contribution < 1.29 is 42.7 Å². The molecule has 1 atom stereocenters. The molecule has 0 bridgehead atoms. The van der Waals surface area contributed by atoms with Gasteiger partial charge in [-0.25, -0.2) is 4.57 Å². The van der Waals surface area contributed by atoms with E-state index in [4.69, 9.17) is 19.3 Å². The fraction of sp³-hybridized carbons (Fsp3) is 0.900. The molecule has 0 aromatic rings. The van der Waals surface area contributed by atoms with Crippen LogP contribution in [0.1, 0.15) is 149 Å². The topological polar surface area (TPSA) is 136 Å². The van der Waals surface area contributed by atoms with Gasteiger partial charge in [-0.2, -0.15) is 0 Å². The molecule has 0 aliphatic heterocycles. The number of esters is 2. The zero-order valence-corrected chi connectivity index (χ0v) is 27.4. The van der Waals surface area contributed by atoms with Gasteiger partial charge in [0, 0.05) is 25.5 Å². The summed E-state index contributed by atoms with van der Waals surface area (Å²) in [6, 6.07) is 0. The highest BCUT2D eigenvalue weighted by Crippen LogP contribution is 2.36. The van der Waals surface area contributed by atoms with E-state index >= 15 is 0 Å². The van der Waals surface area contributed by atoms with Crippen LogP contribution in [0.5, 0.6) is 0 Å². The first-order valence-electron chi connectivity index (χ1n) is 15.8. The van der Waals surface area contributed by atoms with E-state index in [1.807, 2.05) is 0 Å². The van der Waals surface area contributed by atoms with Crippen LogP contribution < -0.4 is 0 Å². The Hall–Kier alpha value is -0.930. The summed E-state index contributed by atoms with van der Waals surface area (Å²) in [7, 11) is -4.75. The molecular formula is C30H57O9PS. The molecule has 0 saturated heterocycles. The van der Waals surface area contributed by atoms with Crippen molar-refractivity contribution in [3.8, 4) is 0 Å². The Morgan fingerprint density at radius 2 is 1.10 bits per heavy atom. The number of carbonyl (C=O) groups is 3. The Bertz CT molecular complexity index is 714. The number of rotatable bonds is 29. The summed E-state index contributed by atoms with van der Waals surface area (Å²) in [5.41, 5.74) is 0. The quantitative estimate of drug-likeness (QED) is 0.0478. The second kappa shape index (κ2) is 27.9. The highest BCUT2D eigenvalue weighted by molar-refractivity contribution is 8.13. The molecule has 9 nitrogen and oxygen atoms in total. The van der Waals surface area contributed by atoms with Crippen LogP contribution in [0.25, 0.3) is 0 Å². The number of carbonyl (C=O) groups excluding carboxylic acids is 3. The van der Waals surface area contributed by atoms with Gasteiger partial charge in [0.1, 0.15) is 6.61 Å². The van der Waals surface area contributed by atoms with Crippen LogP contribution in [0.15, 0.2) is 0 Å². The summed E-state index contributed by atoms with van der Waals surface area (Å²) in [5, 5.41) is 0.142. The molecule has 0 radical (unpaired) electrons. The summed E-state index contributed by atoms with van der Waals surface area (Å²) in [4.78, 5) is 53.2. The maximum absolute atomic E-state index is 12.3. The van der Waals surface area contributed by atoms with Crippen molar-refractivity contribution in [1.82, 2.24) is 0 Å². The summed E-state index contributed by atoms with van der Waals surface area (Å²) >= 11 is 1.35. The smallest absolute Gasteiger partial charge is 0.462 e. The van der Waals surface area contributed by atoms with Gasteiger partial charge in [-0.1, -0.05) is 121 Å². The molecule has 0 amide bonds. The minimum Gasteiger partial charge on any atom is -0.462 e. The molecule has 0 aliphatic rings. The van der Waals surface area contributed by atoms with Gasteiger partial charge in [-0.3, -0.25) is 18.9 Å². The predicted molar refractivity (Wildman–Crippen MR) is 165 cm³/mol. The van der Waals surface area contributed by atoms with Crippen LogP contribution in [0, 0.1) is 0 Å². The summed E-state index contributed by atoms with van der Waals surface area (Å²) < 4.78 is 26.1. The molecule has 41 heavy (non-hydrogen) atoms. The van der Waals surface area contributed by atoms with Crippen LogP contribution in [0.2, 0.25) is 0 Å². The van der Waals surface area contributed by atoms with Gasteiger partial charge in [0.25, 0.3) is 0 Å². The Morgan fingerprint density at radius 3 is 1.56 bits per heavy atom. The number of phosphoric ester groups is 1. The van der Waals surface area contributed by atoms with E-state index in [1.54, 1.807) is 6.92 Å². The fourth-order valence-corrected chi connectivity index (χ4v) is 5.38. The molecule has 0 saturated carbocycles. The number of hydrogen-bond donors (Lipinski definition) is 2. The van der Waals surface area contributed by atoms with Gasteiger partial charge < -0.3 is 19.3 Å². The van der Waals surface area contributed by atoms with Crippen molar-refractivity contribution >= 4 is 36.6 Å². The van der Waals surface area contributed by atoms with Crippen LogP contribution in [-0.4, -0.2) is 51.9 Å². The average Bonchev–Trinajstić information content (AvgIpc) is 2.91. The molecule has 0 heterocycles. The Kier molecular flexibility index (Phi) is 27.2. The molecule has 0 unspecified atom stereocenters. The normalized spacial score (nSPS) is 12.3. The fourth-order valence-electron chi connectivity index (χ4n) is 4.38. The largest absolute Gasteiger partial charge is 0.469 e. The SMILES string of the molecule is CCCCCCCCCCCCCCCC(=O)O[C@H](COC(=O)CCCCCCCCSC(C)=O)COP(=O)(O)O. The van der Waals surface area contributed by atoms with Crippen LogP contribution >= 0.6 is 19.6 Å². The third-order valence-corrected chi connectivity index (χ3v) is 8.11. The third-order valence-electron chi connectivity index (χ3n) is 6.72. The van der Waals surface area contributed by atoms with Crippen LogP contribution in [-0.2, 0) is 32.9 Å². The lowest BCUT2D eigenvalue weighted by atomic mass is 10.0. The standard InChI is InChI=1S/C30H57O9PS/c1-3-4-5-6-7-8-9-10-11-12-13-17-20-23-30(33)39-28(26-38-40(34,35)36)25-37-29(32)22-19-16-14-15-18-21-24-41-27(2)31/h28H,3-26H2,1-2H3,(H2,34,35,36)/t28-/m1/s1. The molecule has 0 aromatic heterocycles. The van der Waals surface area contributed by atoms with E-state index in [2.05, 4.69) is 11.4 Å². The van der Waals surface area contributed by atoms with Crippen molar-refractivity contribution in [2.75, 3.05) is 19.0 Å². The van der Waals surface area contributed by atoms with Crippen molar-refractivity contribution in [2.24, 2.45) is 0 Å². The zero-order valence-electron chi connectivity index (χ0n) is 25.7. The number of ether oxygens (including phenoxy) is 2. The minimum absolute atomic E-state index is 0.142. The van der Waals surface area contributed by atoms with Gasteiger partial charge in [0.05, 0.1) is 6.61 Å². The molecule has 0 spiro atoms. The molecular weight excluding hydrogens is 567 g/mol. The number of thioether (sulfide) groups is 1. The monoisotopic (exact) mass is 624 g/mol. The summed E-state index contributed by atoms with van der Waals surface area (Å²) in [6.07, 6.45) is 20.6. The summed E-state index contributed by atoms with van der Waals surface area (Å²) in [5.74, 6) is -0.0971. The van der Waals surface area contributed by atoms with Crippen molar-refractivity contribution in [3.63, 3.8) is 0 Å². The molecule has 0 fully saturated rings. The number of hydrogen-bond acceptors (Lipinski definition) is 8. The van der Waals surface area contributed by atoms with Gasteiger partial charge in [0.2, 0.25) is 0 Å². The van der Waals surface area contributed by atoms with Crippen LogP contribution in [0.3, 0.4) is 0 Å². The minimum atomic E-state index is -4.75.